The number of carbonyl (C=O) groups is 3. The molecule has 27 heavy (non-hydrogen) atoms. The first kappa shape index (κ1) is 17.5. The SMILES string of the molecule is N#CC1(NC(=O)CN2C(=O)N[C@]3(CCCc4ccccc43)C2=O)CCCC1. The van der Waals surface area contributed by atoms with Crippen LogP contribution in [0.25, 0.3) is 0 Å². The number of benzene rings is 1. The summed E-state index contributed by atoms with van der Waals surface area (Å²) in [6.45, 7) is -0.363. The Labute approximate surface area is 157 Å². The van der Waals surface area contributed by atoms with E-state index < -0.39 is 23.0 Å². The van der Waals surface area contributed by atoms with E-state index in [9.17, 15) is 19.6 Å². The van der Waals surface area contributed by atoms with Gasteiger partial charge in [0.05, 0.1) is 6.07 Å². The highest BCUT2D eigenvalue weighted by atomic mass is 16.2. The van der Waals surface area contributed by atoms with Crippen LogP contribution >= 0.6 is 0 Å². The number of amides is 4. The largest absolute Gasteiger partial charge is 0.336 e. The molecule has 7 nitrogen and oxygen atoms in total. The standard InChI is InChI=1S/C20H22N4O3/c21-13-19(9-3-4-10-19)22-16(25)12-24-17(26)20(23-18(24)27)11-5-7-14-6-1-2-8-15(14)20/h1-2,6,8H,3-5,7,9-12H2,(H,22,25)(H,23,27)/t20-/m0/s1. The molecule has 1 aromatic rings. The molecule has 0 unspecified atom stereocenters. The monoisotopic (exact) mass is 366 g/mol. The second kappa shape index (κ2) is 6.38. The van der Waals surface area contributed by atoms with Gasteiger partial charge in [-0.3, -0.25) is 14.5 Å². The van der Waals surface area contributed by atoms with E-state index >= 15 is 0 Å². The van der Waals surface area contributed by atoms with Crippen molar-refractivity contribution in [2.24, 2.45) is 0 Å². The van der Waals surface area contributed by atoms with Crippen LogP contribution < -0.4 is 10.6 Å². The third-order valence-corrected chi connectivity index (χ3v) is 6.00. The number of urea groups is 1. The van der Waals surface area contributed by atoms with Crippen LogP contribution in [0.2, 0.25) is 0 Å². The molecule has 1 aromatic carbocycles. The van der Waals surface area contributed by atoms with Crippen LogP contribution in [-0.2, 0) is 21.5 Å². The summed E-state index contributed by atoms with van der Waals surface area (Å²) in [6.07, 6.45) is 5.16. The van der Waals surface area contributed by atoms with Gasteiger partial charge in [0.2, 0.25) is 5.91 Å². The number of hydrogen-bond donors (Lipinski definition) is 2. The van der Waals surface area contributed by atoms with Gasteiger partial charge in [0.1, 0.15) is 17.6 Å². The summed E-state index contributed by atoms with van der Waals surface area (Å²) in [5, 5.41) is 15.0. The molecule has 0 radical (unpaired) electrons. The van der Waals surface area contributed by atoms with Crippen molar-refractivity contribution in [2.45, 2.75) is 56.0 Å². The Kier molecular flexibility index (Phi) is 4.14. The molecule has 140 valence electrons. The zero-order valence-corrected chi connectivity index (χ0v) is 15.1. The molecule has 0 aromatic heterocycles. The van der Waals surface area contributed by atoms with Crippen LogP contribution in [0, 0.1) is 11.3 Å². The van der Waals surface area contributed by atoms with Crippen LogP contribution in [0.1, 0.15) is 49.7 Å². The van der Waals surface area contributed by atoms with E-state index in [1.54, 1.807) is 0 Å². The van der Waals surface area contributed by atoms with Gasteiger partial charge in [-0.15, -0.1) is 0 Å². The number of rotatable bonds is 3. The molecule has 2 fully saturated rings. The highest BCUT2D eigenvalue weighted by molar-refractivity contribution is 6.09. The molecule has 0 bridgehead atoms. The van der Waals surface area contributed by atoms with Crippen LogP contribution in [0.5, 0.6) is 0 Å². The summed E-state index contributed by atoms with van der Waals surface area (Å²) < 4.78 is 0. The van der Waals surface area contributed by atoms with Crippen molar-refractivity contribution in [3.8, 4) is 6.07 Å². The second-order valence-electron chi connectivity index (χ2n) is 7.69. The first-order valence-corrected chi connectivity index (χ1v) is 9.44. The van der Waals surface area contributed by atoms with Gasteiger partial charge in [-0.05, 0) is 56.1 Å². The van der Waals surface area contributed by atoms with Gasteiger partial charge in [-0.1, -0.05) is 24.3 Å². The lowest BCUT2D eigenvalue weighted by Crippen LogP contribution is -2.51. The smallest absolute Gasteiger partial charge is 0.325 e. The van der Waals surface area contributed by atoms with Gasteiger partial charge in [-0.25, -0.2) is 4.79 Å². The minimum absolute atomic E-state index is 0.363. The summed E-state index contributed by atoms with van der Waals surface area (Å²) in [5.41, 5.74) is -0.0716. The molecule has 1 heterocycles. The number of nitriles is 1. The van der Waals surface area contributed by atoms with E-state index in [-0.39, 0.29) is 12.5 Å². The van der Waals surface area contributed by atoms with Crippen LogP contribution in [0.4, 0.5) is 4.79 Å². The number of aryl methyl sites for hydroxylation is 1. The fraction of sp³-hybridized carbons (Fsp3) is 0.500. The molecule has 1 saturated carbocycles. The van der Waals surface area contributed by atoms with Crippen LogP contribution in [0.3, 0.4) is 0 Å². The molecule has 1 saturated heterocycles. The predicted molar refractivity (Wildman–Crippen MR) is 96.3 cm³/mol. The van der Waals surface area contributed by atoms with Crippen molar-refractivity contribution in [2.75, 3.05) is 6.54 Å². The van der Waals surface area contributed by atoms with Crippen molar-refractivity contribution in [1.82, 2.24) is 15.5 Å². The number of imide groups is 1. The van der Waals surface area contributed by atoms with Crippen molar-refractivity contribution in [1.29, 1.82) is 5.26 Å². The maximum absolute atomic E-state index is 13.2. The fourth-order valence-electron chi connectivity index (χ4n) is 4.65. The van der Waals surface area contributed by atoms with E-state index in [0.29, 0.717) is 19.3 Å². The average Bonchev–Trinajstić information content (AvgIpc) is 3.22. The molecule has 4 rings (SSSR count). The Balaban J connectivity index is 1.55. The lowest BCUT2D eigenvalue weighted by Gasteiger charge is -2.33. The van der Waals surface area contributed by atoms with Gasteiger partial charge in [-0.2, -0.15) is 5.26 Å². The molecule has 4 amide bonds. The molecule has 2 aliphatic carbocycles. The second-order valence-corrected chi connectivity index (χ2v) is 7.69. The number of fused-ring (bicyclic) bond motifs is 2. The summed E-state index contributed by atoms with van der Waals surface area (Å²) in [7, 11) is 0. The highest BCUT2D eigenvalue weighted by Crippen LogP contribution is 2.39. The number of nitrogens with one attached hydrogen (secondary N) is 2. The molecule has 1 aliphatic heterocycles. The Morgan fingerprint density at radius 1 is 1.19 bits per heavy atom. The van der Waals surface area contributed by atoms with E-state index in [2.05, 4.69) is 16.7 Å². The lowest BCUT2D eigenvalue weighted by molar-refractivity contribution is -0.136. The first-order valence-electron chi connectivity index (χ1n) is 9.44. The number of hydrogen-bond acceptors (Lipinski definition) is 4. The van der Waals surface area contributed by atoms with Gasteiger partial charge in [0.25, 0.3) is 5.91 Å². The van der Waals surface area contributed by atoms with Crippen molar-refractivity contribution in [3.05, 3.63) is 35.4 Å². The summed E-state index contributed by atoms with van der Waals surface area (Å²) in [6, 6.07) is 9.27. The van der Waals surface area contributed by atoms with E-state index in [4.69, 9.17) is 0 Å². The first-order chi connectivity index (χ1) is 13.0. The molecule has 2 N–H and O–H groups in total. The molecule has 3 aliphatic rings. The van der Waals surface area contributed by atoms with E-state index in [0.717, 1.165) is 41.7 Å². The van der Waals surface area contributed by atoms with Crippen molar-refractivity contribution >= 4 is 17.8 Å². The van der Waals surface area contributed by atoms with Crippen LogP contribution in [-0.4, -0.2) is 34.8 Å². The Bertz CT molecular complexity index is 853. The predicted octanol–water partition coefficient (Wildman–Crippen LogP) is 1.72. The normalized spacial score (nSPS) is 25.8. The number of carbonyl (C=O) groups excluding carboxylic acids is 3. The summed E-state index contributed by atoms with van der Waals surface area (Å²) in [5.74, 6) is -0.852. The van der Waals surface area contributed by atoms with E-state index in [1.165, 1.54) is 0 Å². The lowest BCUT2D eigenvalue weighted by atomic mass is 9.76. The Hall–Kier alpha value is -2.88. The van der Waals surface area contributed by atoms with Crippen LogP contribution in [0.15, 0.2) is 24.3 Å². The Morgan fingerprint density at radius 3 is 2.67 bits per heavy atom. The molecule has 1 atom stereocenters. The number of nitrogens with zero attached hydrogens (tertiary/aromatic N) is 2. The highest BCUT2D eigenvalue weighted by Gasteiger charge is 2.54. The molecular formula is C20H22N4O3. The zero-order chi connectivity index (χ0) is 19.1. The quantitative estimate of drug-likeness (QED) is 0.795. The van der Waals surface area contributed by atoms with Gasteiger partial charge < -0.3 is 10.6 Å². The summed E-state index contributed by atoms with van der Waals surface area (Å²) in [4.78, 5) is 39.2. The van der Waals surface area contributed by atoms with Crippen molar-refractivity contribution < 1.29 is 14.4 Å². The minimum Gasteiger partial charge on any atom is -0.336 e. The average molecular weight is 366 g/mol. The maximum atomic E-state index is 13.2. The molecule has 7 heteroatoms. The van der Waals surface area contributed by atoms with E-state index in [1.807, 2.05) is 24.3 Å². The van der Waals surface area contributed by atoms with Gasteiger partial charge >= 0.3 is 6.03 Å². The van der Waals surface area contributed by atoms with Gasteiger partial charge in [0, 0.05) is 0 Å². The molecular weight excluding hydrogens is 344 g/mol. The zero-order valence-electron chi connectivity index (χ0n) is 15.1. The Morgan fingerprint density at radius 2 is 1.93 bits per heavy atom. The third kappa shape index (κ3) is 2.76. The topological polar surface area (TPSA) is 102 Å². The third-order valence-electron chi connectivity index (χ3n) is 6.00. The van der Waals surface area contributed by atoms with Gasteiger partial charge in [0.15, 0.2) is 0 Å². The minimum atomic E-state index is -1.08. The molecule has 1 spiro atoms. The summed E-state index contributed by atoms with van der Waals surface area (Å²) >= 11 is 0. The fourth-order valence-corrected chi connectivity index (χ4v) is 4.65. The maximum Gasteiger partial charge on any atom is 0.325 e. The van der Waals surface area contributed by atoms with Crippen molar-refractivity contribution in [3.63, 3.8) is 0 Å².